The summed E-state index contributed by atoms with van der Waals surface area (Å²) < 4.78 is 0. The first-order valence-electron chi connectivity index (χ1n) is 5.88. The Morgan fingerprint density at radius 1 is 1.26 bits per heavy atom. The molecule has 0 atom stereocenters. The number of nitrogens with one attached hydrogen (secondary N) is 1. The number of hydrazone groups is 1. The first-order valence-corrected chi connectivity index (χ1v) is 6.76. The van der Waals surface area contributed by atoms with E-state index in [1.165, 1.54) is 5.56 Å². The van der Waals surface area contributed by atoms with Crippen molar-refractivity contribution in [3.63, 3.8) is 0 Å². The van der Waals surface area contributed by atoms with Crippen LogP contribution >= 0.6 is 11.3 Å². The smallest absolute Gasteiger partial charge is 0.176 e. The predicted molar refractivity (Wildman–Crippen MR) is 79.8 cm³/mol. The number of nitrogens with zero attached hydrogens (tertiary/aromatic N) is 3. The van der Waals surface area contributed by atoms with Gasteiger partial charge in [0.2, 0.25) is 0 Å². The van der Waals surface area contributed by atoms with E-state index in [-0.39, 0.29) is 0 Å². The summed E-state index contributed by atoms with van der Waals surface area (Å²) in [5.74, 6) is 0.670. The van der Waals surface area contributed by atoms with Gasteiger partial charge in [0.05, 0.1) is 12.4 Å². The van der Waals surface area contributed by atoms with Gasteiger partial charge in [-0.2, -0.15) is 10.2 Å². The van der Waals surface area contributed by atoms with E-state index in [9.17, 15) is 0 Å². The van der Waals surface area contributed by atoms with Crippen molar-refractivity contribution in [1.29, 1.82) is 0 Å². The molecular formula is C14H12N4S. The molecule has 3 rings (SSSR count). The SMILES string of the molecule is Cc1ccsc1/C=N/Nc1nncc2ccccc12. The standard InChI is InChI=1S/C14H12N4S/c1-10-6-7-19-13(10)9-16-18-14-12-5-3-2-4-11(12)8-15-17-14/h2-9H,1H3,(H,17,18)/b16-9+. The minimum absolute atomic E-state index is 0.670. The van der Waals surface area contributed by atoms with Crippen molar-refractivity contribution in [2.75, 3.05) is 5.43 Å². The van der Waals surface area contributed by atoms with Gasteiger partial charge in [-0.3, -0.25) is 5.43 Å². The van der Waals surface area contributed by atoms with Crippen molar-refractivity contribution in [3.8, 4) is 0 Å². The molecule has 0 aliphatic rings. The summed E-state index contributed by atoms with van der Waals surface area (Å²) in [6, 6.07) is 10.0. The van der Waals surface area contributed by atoms with Crippen LogP contribution in [-0.2, 0) is 0 Å². The predicted octanol–water partition coefficient (Wildman–Crippen LogP) is 3.45. The summed E-state index contributed by atoms with van der Waals surface area (Å²) in [4.78, 5) is 1.14. The fraction of sp³-hybridized carbons (Fsp3) is 0.0714. The van der Waals surface area contributed by atoms with Crippen LogP contribution in [0, 0.1) is 6.92 Å². The number of anilines is 1. The molecule has 0 aliphatic heterocycles. The molecule has 1 N–H and O–H groups in total. The number of thiophene rings is 1. The maximum atomic E-state index is 4.23. The van der Waals surface area contributed by atoms with Crippen LogP contribution in [0.25, 0.3) is 10.8 Å². The fourth-order valence-electron chi connectivity index (χ4n) is 1.78. The van der Waals surface area contributed by atoms with Crippen LogP contribution in [0.1, 0.15) is 10.4 Å². The Morgan fingerprint density at radius 2 is 2.16 bits per heavy atom. The number of fused-ring (bicyclic) bond motifs is 1. The molecule has 2 aromatic heterocycles. The van der Waals surface area contributed by atoms with Gasteiger partial charge < -0.3 is 0 Å². The molecule has 5 heteroatoms. The minimum Gasteiger partial charge on any atom is -0.259 e. The lowest BCUT2D eigenvalue weighted by molar-refractivity contribution is 1.04. The van der Waals surface area contributed by atoms with E-state index < -0.39 is 0 Å². The maximum absolute atomic E-state index is 4.23. The van der Waals surface area contributed by atoms with Gasteiger partial charge in [-0.15, -0.1) is 16.4 Å². The minimum atomic E-state index is 0.670. The van der Waals surface area contributed by atoms with Crippen molar-refractivity contribution in [2.24, 2.45) is 5.10 Å². The molecule has 0 amide bonds. The van der Waals surface area contributed by atoms with Gasteiger partial charge in [-0.25, -0.2) is 0 Å². The molecular weight excluding hydrogens is 256 g/mol. The molecule has 0 fully saturated rings. The molecule has 0 radical (unpaired) electrons. The Kier molecular flexibility index (Phi) is 3.20. The second kappa shape index (κ2) is 5.16. The molecule has 4 nitrogen and oxygen atoms in total. The molecule has 0 saturated heterocycles. The van der Waals surface area contributed by atoms with Crippen LogP contribution in [0.4, 0.5) is 5.82 Å². The average molecular weight is 268 g/mol. The summed E-state index contributed by atoms with van der Waals surface area (Å²) >= 11 is 1.66. The van der Waals surface area contributed by atoms with E-state index in [0.717, 1.165) is 15.6 Å². The lowest BCUT2D eigenvalue weighted by Gasteiger charge is -2.02. The normalized spacial score (nSPS) is 11.2. The molecule has 0 bridgehead atoms. The summed E-state index contributed by atoms with van der Waals surface area (Å²) in [5.41, 5.74) is 4.18. The maximum Gasteiger partial charge on any atom is 0.176 e. The Balaban J connectivity index is 1.86. The fourth-order valence-corrected chi connectivity index (χ4v) is 2.57. The van der Waals surface area contributed by atoms with Crippen LogP contribution in [0.15, 0.2) is 47.0 Å². The third-order valence-corrected chi connectivity index (χ3v) is 3.78. The van der Waals surface area contributed by atoms with Crippen LogP contribution in [-0.4, -0.2) is 16.4 Å². The molecule has 0 saturated carbocycles. The van der Waals surface area contributed by atoms with E-state index in [4.69, 9.17) is 0 Å². The summed E-state index contributed by atoms with van der Waals surface area (Å²) in [6.07, 6.45) is 3.55. The zero-order chi connectivity index (χ0) is 13.1. The van der Waals surface area contributed by atoms with Crippen LogP contribution < -0.4 is 5.43 Å². The number of hydrogen-bond donors (Lipinski definition) is 1. The highest BCUT2D eigenvalue weighted by Gasteiger charge is 2.01. The Hall–Kier alpha value is -2.27. The molecule has 0 spiro atoms. The molecule has 3 aromatic rings. The topological polar surface area (TPSA) is 50.2 Å². The lowest BCUT2D eigenvalue weighted by atomic mass is 10.2. The van der Waals surface area contributed by atoms with Crippen molar-refractivity contribution in [2.45, 2.75) is 6.92 Å². The lowest BCUT2D eigenvalue weighted by Crippen LogP contribution is -1.96. The molecule has 0 aliphatic carbocycles. The zero-order valence-electron chi connectivity index (χ0n) is 10.4. The van der Waals surface area contributed by atoms with E-state index in [1.54, 1.807) is 17.5 Å². The van der Waals surface area contributed by atoms with Gasteiger partial charge in [0.1, 0.15) is 0 Å². The first kappa shape index (κ1) is 11.8. The van der Waals surface area contributed by atoms with Crippen molar-refractivity contribution in [3.05, 3.63) is 52.3 Å². The van der Waals surface area contributed by atoms with Gasteiger partial charge in [0, 0.05) is 15.6 Å². The van der Waals surface area contributed by atoms with Gasteiger partial charge >= 0.3 is 0 Å². The van der Waals surface area contributed by atoms with Crippen molar-refractivity contribution in [1.82, 2.24) is 10.2 Å². The molecule has 94 valence electrons. The number of rotatable bonds is 3. The first-order chi connectivity index (χ1) is 9.34. The Labute approximate surface area is 114 Å². The summed E-state index contributed by atoms with van der Waals surface area (Å²) in [6.45, 7) is 2.07. The highest BCUT2D eigenvalue weighted by Crippen LogP contribution is 2.19. The Bertz CT molecular complexity index is 728. The van der Waals surface area contributed by atoms with E-state index in [2.05, 4.69) is 39.1 Å². The molecule has 0 unspecified atom stereocenters. The van der Waals surface area contributed by atoms with Gasteiger partial charge in [-0.05, 0) is 23.9 Å². The molecule has 2 heterocycles. The summed E-state index contributed by atoms with van der Waals surface area (Å²) in [5, 5.41) is 16.4. The van der Waals surface area contributed by atoms with E-state index >= 15 is 0 Å². The highest BCUT2D eigenvalue weighted by atomic mass is 32.1. The van der Waals surface area contributed by atoms with Crippen molar-refractivity contribution < 1.29 is 0 Å². The quantitative estimate of drug-likeness (QED) is 0.584. The van der Waals surface area contributed by atoms with E-state index in [0.29, 0.717) is 5.82 Å². The van der Waals surface area contributed by atoms with Gasteiger partial charge in [0.25, 0.3) is 0 Å². The second-order valence-corrected chi connectivity index (χ2v) is 5.07. The zero-order valence-corrected chi connectivity index (χ0v) is 11.2. The molecule has 19 heavy (non-hydrogen) atoms. The largest absolute Gasteiger partial charge is 0.259 e. The van der Waals surface area contributed by atoms with Crippen molar-refractivity contribution >= 4 is 34.1 Å². The highest BCUT2D eigenvalue weighted by molar-refractivity contribution is 7.11. The number of aryl methyl sites for hydroxylation is 1. The monoisotopic (exact) mass is 268 g/mol. The van der Waals surface area contributed by atoms with Crippen LogP contribution in [0.3, 0.4) is 0 Å². The van der Waals surface area contributed by atoms with Gasteiger partial charge in [0.15, 0.2) is 5.82 Å². The number of benzene rings is 1. The van der Waals surface area contributed by atoms with Crippen LogP contribution in [0.5, 0.6) is 0 Å². The van der Waals surface area contributed by atoms with Gasteiger partial charge in [-0.1, -0.05) is 24.3 Å². The third-order valence-electron chi connectivity index (χ3n) is 2.82. The second-order valence-electron chi connectivity index (χ2n) is 4.12. The number of aromatic nitrogens is 2. The van der Waals surface area contributed by atoms with E-state index in [1.807, 2.05) is 30.5 Å². The van der Waals surface area contributed by atoms with Crippen LogP contribution in [0.2, 0.25) is 0 Å². The summed E-state index contributed by atoms with van der Waals surface area (Å²) in [7, 11) is 0. The Morgan fingerprint density at radius 3 is 3.00 bits per heavy atom. The average Bonchev–Trinajstić information content (AvgIpc) is 2.85. The molecule has 1 aromatic carbocycles. The number of hydrogen-bond acceptors (Lipinski definition) is 5. The third kappa shape index (κ3) is 2.46.